The Morgan fingerprint density at radius 1 is 0.857 bits per heavy atom. The summed E-state index contributed by atoms with van der Waals surface area (Å²) in [7, 11) is 0. The number of unbranched alkanes of at least 4 members (excludes halogenated alkanes) is 10. The summed E-state index contributed by atoms with van der Waals surface area (Å²) in [4.78, 5) is 12.0. The van der Waals surface area contributed by atoms with Crippen LogP contribution >= 0.6 is 0 Å². The van der Waals surface area contributed by atoms with Crippen LogP contribution in [0.5, 0.6) is 0 Å². The molecule has 1 aliphatic carbocycles. The number of hydrogen-bond donors (Lipinski definition) is 1. The number of aliphatic hydroxyl groups is 1. The minimum Gasteiger partial charge on any atom is -0.466 e. The molecule has 1 aliphatic heterocycles. The number of carbonyl (C=O) groups is 1. The van der Waals surface area contributed by atoms with Crippen molar-refractivity contribution >= 4 is 5.97 Å². The standard InChI is InChI=1S/C30H56O5/c1-3-5-7-8-11-15-23-33-29(32)18-14-10-9-13-17-28-26(19-20-27(31)16-12-6-4-2)21-22-30(28)34-24-25-35-30/h26-28,31H,3-25H2,1-2H3/t26-,27+,28+/m0/s1. The van der Waals surface area contributed by atoms with Crippen LogP contribution in [-0.4, -0.2) is 42.8 Å². The van der Waals surface area contributed by atoms with Gasteiger partial charge in [0.1, 0.15) is 0 Å². The summed E-state index contributed by atoms with van der Waals surface area (Å²) in [5.41, 5.74) is 0. The smallest absolute Gasteiger partial charge is 0.305 e. The molecule has 0 radical (unpaired) electrons. The first-order valence-corrected chi connectivity index (χ1v) is 15.2. The van der Waals surface area contributed by atoms with E-state index in [0.29, 0.717) is 38.1 Å². The second-order valence-electron chi connectivity index (χ2n) is 11.1. The normalized spacial score (nSPS) is 22.1. The Kier molecular flexibility index (Phi) is 16.2. The minimum atomic E-state index is -0.363. The molecule has 2 fully saturated rings. The van der Waals surface area contributed by atoms with Gasteiger partial charge < -0.3 is 19.3 Å². The predicted molar refractivity (Wildman–Crippen MR) is 142 cm³/mol. The fourth-order valence-corrected chi connectivity index (χ4v) is 6.07. The van der Waals surface area contributed by atoms with Crippen molar-refractivity contribution in [2.24, 2.45) is 11.8 Å². The molecule has 0 aromatic rings. The molecule has 35 heavy (non-hydrogen) atoms. The van der Waals surface area contributed by atoms with Crippen molar-refractivity contribution in [2.75, 3.05) is 19.8 Å². The summed E-state index contributed by atoms with van der Waals surface area (Å²) in [5.74, 6) is 0.637. The van der Waals surface area contributed by atoms with Crippen LogP contribution in [0, 0.1) is 11.8 Å². The van der Waals surface area contributed by atoms with Gasteiger partial charge in [-0.15, -0.1) is 0 Å². The molecule has 5 nitrogen and oxygen atoms in total. The number of carbonyl (C=O) groups excluding carboxylic acids is 1. The third-order valence-corrected chi connectivity index (χ3v) is 8.19. The number of esters is 1. The lowest BCUT2D eigenvalue weighted by atomic mass is 9.84. The maximum absolute atomic E-state index is 12.0. The number of aliphatic hydroxyl groups excluding tert-OH is 1. The van der Waals surface area contributed by atoms with Crippen molar-refractivity contribution in [1.82, 2.24) is 0 Å². The molecule has 2 rings (SSSR count). The second-order valence-corrected chi connectivity index (χ2v) is 11.1. The van der Waals surface area contributed by atoms with Crippen LogP contribution in [0.4, 0.5) is 0 Å². The molecule has 206 valence electrons. The van der Waals surface area contributed by atoms with Crippen molar-refractivity contribution in [3.63, 3.8) is 0 Å². The van der Waals surface area contributed by atoms with Crippen LogP contribution in [0.25, 0.3) is 0 Å². The maximum Gasteiger partial charge on any atom is 0.305 e. The first kappa shape index (κ1) is 30.6. The molecular formula is C30H56O5. The van der Waals surface area contributed by atoms with Gasteiger partial charge in [0.25, 0.3) is 0 Å². The van der Waals surface area contributed by atoms with Gasteiger partial charge in [0.2, 0.25) is 0 Å². The third-order valence-electron chi connectivity index (χ3n) is 8.19. The first-order chi connectivity index (χ1) is 17.1. The zero-order chi connectivity index (χ0) is 25.2. The lowest BCUT2D eigenvalue weighted by Gasteiger charge is -2.32. The summed E-state index contributed by atoms with van der Waals surface area (Å²) < 4.78 is 17.7. The molecule has 1 saturated heterocycles. The third kappa shape index (κ3) is 12.0. The molecule has 0 unspecified atom stereocenters. The van der Waals surface area contributed by atoms with Gasteiger partial charge in [-0.1, -0.05) is 84.5 Å². The van der Waals surface area contributed by atoms with Gasteiger partial charge in [-0.05, 0) is 50.9 Å². The predicted octanol–water partition coefficient (Wildman–Crippen LogP) is 7.72. The lowest BCUT2D eigenvalue weighted by Crippen LogP contribution is -2.36. The van der Waals surface area contributed by atoms with Crippen molar-refractivity contribution in [1.29, 1.82) is 0 Å². The summed E-state index contributed by atoms with van der Waals surface area (Å²) in [5, 5.41) is 10.4. The molecule has 1 saturated carbocycles. The molecule has 0 aromatic carbocycles. The monoisotopic (exact) mass is 496 g/mol. The quantitative estimate of drug-likeness (QED) is 0.130. The second kappa shape index (κ2) is 18.6. The Hall–Kier alpha value is -0.650. The van der Waals surface area contributed by atoms with Crippen molar-refractivity contribution in [3.8, 4) is 0 Å². The molecule has 1 N–H and O–H groups in total. The Morgan fingerprint density at radius 2 is 1.51 bits per heavy atom. The van der Waals surface area contributed by atoms with Gasteiger partial charge in [-0.25, -0.2) is 0 Å². The van der Waals surface area contributed by atoms with E-state index in [1.165, 1.54) is 44.9 Å². The molecular weight excluding hydrogens is 440 g/mol. The Labute approximate surface area is 216 Å². The highest BCUT2D eigenvalue weighted by molar-refractivity contribution is 5.69. The summed E-state index contributed by atoms with van der Waals surface area (Å²) in [6.07, 6.45) is 21.7. The highest BCUT2D eigenvalue weighted by Gasteiger charge is 2.51. The van der Waals surface area contributed by atoms with Crippen LogP contribution < -0.4 is 0 Å². The summed E-state index contributed by atoms with van der Waals surface area (Å²) in [6, 6.07) is 0. The van der Waals surface area contributed by atoms with Crippen LogP contribution in [0.15, 0.2) is 0 Å². The topological polar surface area (TPSA) is 65.0 Å². The average Bonchev–Trinajstić information content (AvgIpc) is 3.47. The van der Waals surface area contributed by atoms with Gasteiger partial charge in [0, 0.05) is 18.8 Å². The van der Waals surface area contributed by atoms with E-state index in [0.717, 1.165) is 77.0 Å². The SMILES string of the molecule is CCCCCCCCOC(=O)CCCCCC[C@@H]1[C@@H](CC[C@H](O)CCCCC)CCC12OCCO2. The van der Waals surface area contributed by atoms with Crippen LogP contribution in [-0.2, 0) is 19.0 Å². The van der Waals surface area contributed by atoms with Crippen molar-refractivity contribution in [3.05, 3.63) is 0 Å². The van der Waals surface area contributed by atoms with E-state index < -0.39 is 0 Å². The van der Waals surface area contributed by atoms with Crippen LogP contribution in [0.3, 0.4) is 0 Å². The maximum atomic E-state index is 12.0. The van der Waals surface area contributed by atoms with Gasteiger partial charge in [0.05, 0.1) is 25.9 Å². The number of rotatable bonds is 21. The average molecular weight is 497 g/mol. The number of hydrogen-bond acceptors (Lipinski definition) is 5. The Morgan fingerprint density at radius 3 is 2.29 bits per heavy atom. The van der Waals surface area contributed by atoms with Gasteiger partial charge in [0.15, 0.2) is 5.79 Å². The molecule has 0 bridgehead atoms. The lowest BCUT2D eigenvalue weighted by molar-refractivity contribution is -0.188. The molecule has 1 spiro atoms. The van der Waals surface area contributed by atoms with Gasteiger partial charge in [-0.3, -0.25) is 4.79 Å². The molecule has 2 aliphatic rings. The van der Waals surface area contributed by atoms with E-state index in [1.54, 1.807) is 0 Å². The van der Waals surface area contributed by atoms with Gasteiger partial charge in [-0.2, -0.15) is 0 Å². The largest absolute Gasteiger partial charge is 0.466 e. The number of ether oxygens (including phenoxy) is 3. The van der Waals surface area contributed by atoms with E-state index in [2.05, 4.69) is 13.8 Å². The Balaban J connectivity index is 1.58. The van der Waals surface area contributed by atoms with Gasteiger partial charge >= 0.3 is 5.97 Å². The summed E-state index contributed by atoms with van der Waals surface area (Å²) in [6.45, 7) is 6.45. The molecule has 3 atom stereocenters. The van der Waals surface area contributed by atoms with E-state index in [9.17, 15) is 9.90 Å². The molecule has 5 heteroatoms. The van der Waals surface area contributed by atoms with Crippen LogP contribution in [0.2, 0.25) is 0 Å². The molecule has 0 aromatic heterocycles. The van der Waals surface area contributed by atoms with E-state index in [1.807, 2.05) is 0 Å². The van der Waals surface area contributed by atoms with Crippen molar-refractivity contribution in [2.45, 2.75) is 154 Å². The fraction of sp³-hybridized carbons (Fsp3) is 0.967. The van der Waals surface area contributed by atoms with E-state index in [4.69, 9.17) is 14.2 Å². The highest BCUT2D eigenvalue weighted by Crippen LogP contribution is 2.50. The summed E-state index contributed by atoms with van der Waals surface area (Å²) >= 11 is 0. The molecule has 0 amide bonds. The highest BCUT2D eigenvalue weighted by atomic mass is 16.7. The van der Waals surface area contributed by atoms with Crippen LogP contribution in [0.1, 0.15) is 142 Å². The zero-order valence-corrected chi connectivity index (χ0v) is 23.1. The van der Waals surface area contributed by atoms with E-state index in [-0.39, 0.29) is 17.9 Å². The molecule has 1 heterocycles. The van der Waals surface area contributed by atoms with Crippen molar-refractivity contribution < 1.29 is 24.1 Å². The van der Waals surface area contributed by atoms with E-state index >= 15 is 0 Å². The minimum absolute atomic E-state index is 0.0291. The Bertz CT molecular complexity index is 531. The zero-order valence-electron chi connectivity index (χ0n) is 23.1. The first-order valence-electron chi connectivity index (χ1n) is 15.2. The fourth-order valence-electron chi connectivity index (χ4n) is 6.07.